The highest BCUT2D eigenvalue weighted by atomic mass is 28.4. The number of ether oxygens (including phenoxy) is 3. The molecule has 0 aromatic heterocycles. The fraction of sp³-hybridized carbons (Fsp3) is 0.615. The lowest BCUT2D eigenvalue weighted by Crippen LogP contribution is -2.68. The highest BCUT2D eigenvalue weighted by Crippen LogP contribution is 2.61. The van der Waals surface area contributed by atoms with Crippen LogP contribution in [0.25, 0.3) is 0 Å². The number of carbonyl (C=O) groups excluding carboxylic acids is 2. The first-order chi connectivity index (χ1) is 22.4. The van der Waals surface area contributed by atoms with Gasteiger partial charge in [0.1, 0.15) is 19.0 Å². The minimum atomic E-state index is -3.05. The Morgan fingerprint density at radius 1 is 0.917 bits per heavy atom. The summed E-state index contributed by atoms with van der Waals surface area (Å²) in [5.41, 5.74) is -3.15. The number of carboxylic acids is 1. The number of aliphatic carboxylic acids is 1. The van der Waals surface area contributed by atoms with Gasteiger partial charge in [0.15, 0.2) is 5.78 Å². The Bertz CT molecular complexity index is 1390. The van der Waals surface area contributed by atoms with Crippen molar-refractivity contribution < 1.29 is 38.1 Å². The quantitative estimate of drug-likeness (QED) is 0.169. The molecule has 8 nitrogen and oxygen atoms in total. The summed E-state index contributed by atoms with van der Waals surface area (Å²) in [6.07, 6.45) is -0.191. The molecule has 2 saturated carbocycles. The molecule has 1 spiro atoms. The van der Waals surface area contributed by atoms with E-state index in [2.05, 4.69) is 45.0 Å². The van der Waals surface area contributed by atoms with E-state index in [9.17, 15) is 19.5 Å². The monoisotopic (exact) mass is 680 g/mol. The van der Waals surface area contributed by atoms with Crippen molar-refractivity contribution in [1.29, 1.82) is 0 Å². The Balaban J connectivity index is 1.93. The van der Waals surface area contributed by atoms with Gasteiger partial charge in [-0.25, -0.2) is 0 Å². The predicted molar refractivity (Wildman–Crippen MR) is 189 cm³/mol. The van der Waals surface area contributed by atoms with E-state index in [-0.39, 0.29) is 42.5 Å². The summed E-state index contributed by atoms with van der Waals surface area (Å²) in [4.78, 5) is 41.2. The van der Waals surface area contributed by atoms with Crippen LogP contribution in [-0.2, 0) is 33.0 Å². The Morgan fingerprint density at radius 3 is 1.92 bits per heavy atom. The summed E-state index contributed by atoms with van der Waals surface area (Å²) in [5, 5.41) is 12.6. The smallest absolute Gasteiger partial charge is 0.311 e. The third-order valence-corrected chi connectivity index (χ3v) is 16.1. The van der Waals surface area contributed by atoms with E-state index < -0.39 is 54.6 Å². The molecule has 9 heteroatoms. The van der Waals surface area contributed by atoms with Gasteiger partial charge >= 0.3 is 11.9 Å². The zero-order valence-corrected chi connectivity index (χ0v) is 31.5. The molecule has 2 aliphatic carbocycles. The summed E-state index contributed by atoms with van der Waals surface area (Å²) in [6, 6.07) is 20.6. The second-order valence-electron chi connectivity index (χ2n) is 16.5. The molecule has 0 heterocycles. The van der Waals surface area contributed by atoms with Gasteiger partial charge < -0.3 is 23.7 Å². The molecule has 1 N–H and O–H groups in total. The Labute approximate surface area is 288 Å². The topological polar surface area (TPSA) is 108 Å². The molecule has 0 saturated heterocycles. The second kappa shape index (κ2) is 14.2. The summed E-state index contributed by atoms with van der Waals surface area (Å²) >= 11 is 0. The molecule has 0 amide bonds. The largest absolute Gasteiger partial charge is 0.481 e. The summed E-state index contributed by atoms with van der Waals surface area (Å²) in [6.45, 7) is 17.6. The van der Waals surface area contributed by atoms with Gasteiger partial charge in [0.25, 0.3) is 8.32 Å². The number of carbonyl (C=O) groups is 3. The van der Waals surface area contributed by atoms with E-state index >= 15 is 0 Å². The van der Waals surface area contributed by atoms with Crippen molar-refractivity contribution in [2.75, 3.05) is 20.5 Å². The number of ketones is 1. The van der Waals surface area contributed by atoms with Crippen LogP contribution in [0.3, 0.4) is 0 Å². The number of esters is 1. The van der Waals surface area contributed by atoms with E-state index in [4.69, 9.17) is 18.6 Å². The van der Waals surface area contributed by atoms with Crippen LogP contribution in [0.4, 0.5) is 0 Å². The standard InChI is InChI=1S/C39H56O8Si/c1-26-29(24-46-48(37(5,6)7,27-17-13-11-14-18-27)28-19-15-12-16-20-28)39(22-21-30(33(39)40)45-25-44-10)32(38(8,9)34(41)42)23-31(26)47-35(43)36(2,3)4/h11-20,26,29-32H,21-25H2,1-10H3,(H,41,42)/t26-,29-,30+,31-,32-,39-/m0/s1. The Hall–Kier alpha value is -2.85. The molecule has 0 unspecified atom stereocenters. The molecule has 2 fully saturated rings. The summed E-state index contributed by atoms with van der Waals surface area (Å²) in [5.74, 6) is -2.87. The molecular weight excluding hydrogens is 625 g/mol. The molecule has 2 aromatic rings. The molecule has 4 rings (SSSR count). The fourth-order valence-corrected chi connectivity index (χ4v) is 13.0. The van der Waals surface area contributed by atoms with Crippen LogP contribution < -0.4 is 10.4 Å². The van der Waals surface area contributed by atoms with Gasteiger partial charge in [0.05, 0.1) is 10.8 Å². The number of hydrogen-bond donors (Lipinski definition) is 1. The van der Waals surface area contributed by atoms with Crippen molar-refractivity contribution in [3.63, 3.8) is 0 Å². The van der Waals surface area contributed by atoms with E-state index in [0.29, 0.717) is 12.8 Å². The number of Topliss-reactive ketones (excluding diaryl/α,β-unsaturated/α-hetero) is 1. The minimum absolute atomic E-state index is 0.0376. The number of hydrogen-bond acceptors (Lipinski definition) is 7. The lowest BCUT2D eigenvalue weighted by molar-refractivity contribution is -0.190. The fourth-order valence-electron chi connectivity index (χ4n) is 8.43. The number of methoxy groups -OCH3 is 1. The molecular formula is C39H56O8Si. The molecule has 2 aliphatic rings. The molecule has 0 aliphatic heterocycles. The van der Waals surface area contributed by atoms with Crippen molar-refractivity contribution >= 4 is 36.4 Å². The van der Waals surface area contributed by atoms with Crippen LogP contribution in [0.5, 0.6) is 0 Å². The van der Waals surface area contributed by atoms with Crippen molar-refractivity contribution in [3.05, 3.63) is 60.7 Å². The molecule has 48 heavy (non-hydrogen) atoms. The molecule has 6 atom stereocenters. The first-order valence-corrected chi connectivity index (χ1v) is 19.1. The van der Waals surface area contributed by atoms with E-state index in [0.717, 1.165) is 10.4 Å². The predicted octanol–water partition coefficient (Wildman–Crippen LogP) is 6.24. The van der Waals surface area contributed by atoms with Crippen LogP contribution >= 0.6 is 0 Å². The molecule has 0 bridgehead atoms. The minimum Gasteiger partial charge on any atom is -0.481 e. The highest BCUT2D eigenvalue weighted by molar-refractivity contribution is 6.99. The summed E-state index contributed by atoms with van der Waals surface area (Å²) in [7, 11) is -1.53. The average molecular weight is 681 g/mol. The molecule has 264 valence electrons. The van der Waals surface area contributed by atoms with Gasteiger partial charge in [-0.3, -0.25) is 14.4 Å². The lowest BCUT2D eigenvalue weighted by atomic mass is 9.49. The number of carboxylic acid groups (broad SMARTS) is 1. The first kappa shape index (κ1) is 38.0. The van der Waals surface area contributed by atoms with Gasteiger partial charge in [-0.05, 0) is 81.1 Å². The van der Waals surface area contributed by atoms with Gasteiger partial charge in [0.2, 0.25) is 0 Å². The van der Waals surface area contributed by atoms with Gasteiger partial charge in [-0.15, -0.1) is 0 Å². The number of rotatable bonds is 11. The van der Waals surface area contributed by atoms with E-state index in [1.807, 2.05) is 64.1 Å². The van der Waals surface area contributed by atoms with Crippen LogP contribution in [0.1, 0.15) is 81.6 Å². The summed E-state index contributed by atoms with van der Waals surface area (Å²) < 4.78 is 24.9. The molecule has 0 radical (unpaired) electrons. The third-order valence-electron chi connectivity index (χ3n) is 11.1. The van der Waals surface area contributed by atoms with Gasteiger partial charge in [-0.2, -0.15) is 0 Å². The van der Waals surface area contributed by atoms with Crippen LogP contribution in [0, 0.1) is 34.0 Å². The van der Waals surface area contributed by atoms with Crippen molar-refractivity contribution in [1.82, 2.24) is 0 Å². The Morgan fingerprint density at radius 2 is 1.46 bits per heavy atom. The maximum atomic E-state index is 14.8. The second-order valence-corrected chi connectivity index (χ2v) is 20.8. The van der Waals surface area contributed by atoms with Crippen LogP contribution in [-0.4, -0.2) is 63.9 Å². The van der Waals surface area contributed by atoms with Crippen molar-refractivity contribution in [3.8, 4) is 0 Å². The van der Waals surface area contributed by atoms with Crippen molar-refractivity contribution in [2.45, 2.75) is 98.8 Å². The first-order valence-electron chi connectivity index (χ1n) is 17.2. The zero-order chi connectivity index (χ0) is 35.7. The van der Waals surface area contributed by atoms with Gasteiger partial charge in [0, 0.05) is 25.0 Å². The Kier molecular flexibility index (Phi) is 11.2. The SMILES string of the molecule is COCO[C@@H]1CC[C@]2(C1=O)[C@@H](CO[Si](c1ccccc1)(c1ccccc1)C(C)(C)C)[C@H](C)[C@@H](OC(=O)C(C)(C)C)C[C@H]2C(C)(C)C(=O)O. The van der Waals surface area contributed by atoms with Gasteiger partial charge in [-0.1, -0.05) is 88.4 Å². The molecule has 2 aromatic carbocycles. The highest BCUT2D eigenvalue weighted by Gasteiger charge is 2.67. The van der Waals surface area contributed by atoms with E-state index in [1.54, 1.807) is 13.8 Å². The third kappa shape index (κ3) is 6.80. The van der Waals surface area contributed by atoms with Crippen molar-refractivity contribution in [2.24, 2.45) is 34.0 Å². The lowest BCUT2D eigenvalue weighted by Gasteiger charge is -2.56. The van der Waals surface area contributed by atoms with Crippen LogP contribution in [0.15, 0.2) is 60.7 Å². The normalized spacial score (nSPS) is 26.9. The average Bonchev–Trinajstić information content (AvgIpc) is 3.34. The maximum absolute atomic E-state index is 14.8. The zero-order valence-electron chi connectivity index (χ0n) is 30.5. The van der Waals surface area contributed by atoms with Crippen LogP contribution in [0.2, 0.25) is 5.04 Å². The number of benzene rings is 2. The van der Waals surface area contributed by atoms with E-state index in [1.165, 1.54) is 7.11 Å². The maximum Gasteiger partial charge on any atom is 0.311 e.